The standard InChI is InChI=1S/C29H26N2O5/c1-15-3-2-4-18(11-15)30-14-16(12-24(30)32)29(35)36-19-7-5-17(6-8-19)31-27(33)25-20-9-10-21(23-13-22(20)23)26(25)28(31)34/h2-11,16,20-23,25-26H,12-14H2,1H3/t16-,20+,21+,22+,23+,25-,26+/m0/s1. The summed E-state index contributed by atoms with van der Waals surface area (Å²) in [5.74, 6) is -0.0376. The normalized spacial score (nSPS) is 33.7. The highest BCUT2D eigenvalue weighted by Crippen LogP contribution is 2.65. The van der Waals surface area contributed by atoms with E-state index in [0.717, 1.165) is 17.7 Å². The van der Waals surface area contributed by atoms with Crippen LogP contribution in [-0.2, 0) is 19.2 Å². The van der Waals surface area contributed by atoms with Crippen molar-refractivity contribution in [2.24, 2.45) is 41.4 Å². The Morgan fingerprint density at radius 2 is 1.56 bits per heavy atom. The number of amides is 3. The molecule has 2 aromatic carbocycles. The first-order chi connectivity index (χ1) is 17.4. The van der Waals surface area contributed by atoms with E-state index in [1.54, 1.807) is 29.2 Å². The molecule has 7 nitrogen and oxygen atoms in total. The molecule has 2 heterocycles. The van der Waals surface area contributed by atoms with Crippen LogP contribution in [0.5, 0.6) is 5.75 Å². The van der Waals surface area contributed by atoms with Gasteiger partial charge < -0.3 is 9.64 Å². The third kappa shape index (κ3) is 3.11. The number of rotatable bonds is 4. The summed E-state index contributed by atoms with van der Waals surface area (Å²) in [6, 6.07) is 14.2. The molecule has 7 atom stereocenters. The van der Waals surface area contributed by atoms with Gasteiger partial charge in [0.05, 0.1) is 23.4 Å². The van der Waals surface area contributed by atoms with E-state index in [2.05, 4.69) is 12.2 Å². The van der Waals surface area contributed by atoms with Crippen LogP contribution in [-0.4, -0.2) is 30.2 Å². The Morgan fingerprint density at radius 3 is 2.19 bits per heavy atom. The third-order valence-electron chi connectivity index (χ3n) is 8.75. The van der Waals surface area contributed by atoms with E-state index >= 15 is 0 Å². The van der Waals surface area contributed by atoms with Crippen LogP contribution in [0, 0.1) is 48.3 Å². The summed E-state index contributed by atoms with van der Waals surface area (Å²) in [7, 11) is 0. The van der Waals surface area contributed by atoms with Gasteiger partial charge in [0.2, 0.25) is 17.7 Å². The van der Waals surface area contributed by atoms with Gasteiger partial charge in [-0.25, -0.2) is 0 Å². The largest absolute Gasteiger partial charge is 0.426 e. The summed E-state index contributed by atoms with van der Waals surface area (Å²) in [4.78, 5) is 54.9. The molecule has 182 valence electrons. The molecule has 2 aliphatic heterocycles. The molecule has 0 aromatic heterocycles. The molecule has 2 bridgehead atoms. The van der Waals surface area contributed by atoms with E-state index in [1.807, 2.05) is 31.2 Å². The van der Waals surface area contributed by atoms with Gasteiger partial charge in [-0.3, -0.25) is 24.1 Å². The molecule has 2 saturated carbocycles. The summed E-state index contributed by atoms with van der Waals surface area (Å²) >= 11 is 0. The van der Waals surface area contributed by atoms with Gasteiger partial charge in [-0.05, 0) is 79.0 Å². The van der Waals surface area contributed by atoms with Gasteiger partial charge in [-0.1, -0.05) is 24.3 Å². The number of aryl methyl sites for hydroxylation is 1. The minimum absolute atomic E-state index is 0.1000. The maximum atomic E-state index is 13.3. The van der Waals surface area contributed by atoms with Crippen LogP contribution in [0.15, 0.2) is 60.7 Å². The van der Waals surface area contributed by atoms with Gasteiger partial charge in [-0.2, -0.15) is 0 Å². The van der Waals surface area contributed by atoms with Crippen molar-refractivity contribution < 1.29 is 23.9 Å². The number of anilines is 2. The van der Waals surface area contributed by atoms with Crippen LogP contribution in [0.4, 0.5) is 11.4 Å². The molecule has 0 unspecified atom stereocenters. The molecule has 0 N–H and O–H groups in total. The maximum absolute atomic E-state index is 13.3. The third-order valence-corrected chi connectivity index (χ3v) is 8.75. The highest BCUT2D eigenvalue weighted by Gasteiger charge is 2.67. The Balaban J connectivity index is 1.04. The molecular weight excluding hydrogens is 456 g/mol. The lowest BCUT2D eigenvalue weighted by Gasteiger charge is -2.37. The van der Waals surface area contributed by atoms with Gasteiger partial charge in [-0.15, -0.1) is 0 Å². The average molecular weight is 483 g/mol. The molecule has 0 radical (unpaired) electrons. The number of carbonyl (C=O) groups excluding carboxylic acids is 4. The number of nitrogens with zero attached hydrogens (tertiary/aromatic N) is 2. The lowest BCUT2D eigenvalue weighted by Crippen LogP contribution is -2.40. The van der Waals surface area contributed by atoms with Crippen LogP contribution < -0.4 is 14.5 Å². The zero-order valence-electron chi connectivity index (χ0n) is 19.9. The molecule has 2 aromatic rings. The molecule has 7 heteroatoms. The number of carbonyl (C=O) groups is 4. The Hall–Kier alpha value is -3.74. The predicted octanol–water partition coefficient (Wildman–Crippen LogP) is 3.51. The van der Waals surface area contributed by atoms with E-state index in [4.69, 9.17) is 4.74 Å². The monoisotopic (exact) mass is 482 g/mol. The number of allylic oxidation sites excluding steroid dienone is 2. The summed E-state index contributed by atoms with van der Waals surface area (Å²) in [5, 5.41) is 0. The van der Waals surface area contributed by atoms with Crippen molar-refractivity contribution >= 4 is 35.1 Å². The van der Waals surface area contributed by atoms with Gasteiger partial charge >= 0.3 is 5.97 Å². The number of hydrogen-bond donors (Lipinski definition) is 0. The number of esters is 1. The lowest BCUT2D eigenvalue weighted by atomic mass is 9.63. The molecule has 4 fully saturated rings. The highest BCUT2D eigenvalue weighted by atomic mass is 16.5. The van der Waals surface area contributed by atoms with E-state index in [9.17, 15) is 19.2 Å². The molecule has 8 rings (SSSR count). The van der Waals surface area contributed by atoms with Crippen molar-refractivity contribution in [3.63, 3.8) is 0 Å². The van der Waals surface area contributed by atoms with Crippen molar-refractivity contribution in [3.05, 3.63) is 66.2 Å². The lowest BCUT2D eigenvalue weighted by molar-refractivity contribution is -0.139. The molecule has 36 heavy (non-hydrogen) atoms. The number of benzene rings is 2. The minimum atomic E-state index is -0.558. The van der Waals surface area contributed by atoms with Crippen LogP contribution in [0.3, 0.4) is 0 Å². The van der Waals surface area contributed by atoms with Crippen molar-refractivity contribution in [2.45, 2.75) is 19.8 Å². The van der Waals surface area contributed by atoms with Gasteiger partial charge in [0.25, 0.3) is 0 Å². The smallest absolute Gasteiger partial charge is 0.316 e. The fourth-order valence-corrected chi connectivity index (χ4v) is 6.99. The second kappa shape index (κ2) is 7.63. The van der Waals surface area contributed by atoms with Crippen LogP contribution in [0.1, 0.15) is 18.4 Å². The summed E-state index contributed by atoms with van der Waals surface area (Å²) in [6.45, 7) is 2.23. The average Bonchev–Trinajstić information content (AvgIpc) is 3.55. The maximum Gasteiger partial charge on any atom is 0.316 e. The van der Waals surface area contributed by atoms with Crippen molar-refractivity contribution in [3.8, 4) is 5.75 Å². The second-order valence-electron chi connectivity index (χ2n) is 10.8. The Kier molecular flexibility index (Phi) is 4.56. The molecule has 3 amide bonds. The molecule has 0 spiro atoms. The highest BCUT2D eigenvalue weighted by molar-refractivity contribution is 6.22. The van der Waals surface area contributed by atoms with E-state index in [1.165, 1.54) is 4.90 Å². The van der Waals surface area contributed by atoms with Gasteiger partial charge in [0.1, 0.15) is 5.75 Å². The number of hydrogen-bond acceptors (Lipinski definition) is 5. The fraction of sp³-hybridized carbons (Fsp3) is 0.379. The number of ether oxygens (including phenoxy) is 1. The summed E-state index contributed by atoms with van der Waals surface area (Å²) in [6.07, 6.45) is 5.55. The first-order valence-corrected chi connectivity index (χ1v) is 12.7. The first-order valence-electron chi connectivity index (χ1n) is 12.7. The van der Waals surface area contributed by atoms with E-state index in [0.29, 0.717) is 23.3 Å². The van der Waals surface area contributed by atoms with Crippen molar-refractivity contribution in [1.82, 2.24) is 0 Å². The van der Waals surface area contributed by atoms with E-state index < -0.39 is 11.9 Å². The van der Waals surface area contributed by atoms with Crippen LogP contribution in [0.2, 0.25) is 0 Å². The Labute approximate surface area is 208 Å². The quantitative estimate of drug-likeness (QED) is 0.288. The second-order valence-corrected chi connectivity index (χ2v) is 10.8. The van der Waals surface area contributed by atoms with E-state index in [-0.39, 0.29) is 54.4 Å². The number of imide groups is 1. The van der Waals surface area contributed by atoms with Crippen LogP contribution in [0.25, 0.3) is 0 Å². The van der Waals surface area contributed by atoms with Crippen molar-refractivity contribution in [1.29, 1.82) is 0 Å². The zero-order valence-corrected chi connectivity index (χ0v) is 19.9. The Bertz CT molecular complexity index is 1310. The molecular formula is C29H26N2O5. The zero-order chi connectivity index (χ0) is 24.7. The molecule has 2 saturated heterocycles. The summed E-state index contributed by atoms with van der Waals surface area (Å²) < 4.78 is 5.57. The topological polar surface area (TPSA) is 84.0 Å². The SMILES string of the molecule is Cc1cccc(N2C[C@@H](C(=O)Oc3ccc(N4C(=O)[C@@H]5[C@@H]6C=C[C@H]([C@H]7C[C@H]67)[C@@H]5C4=O)cc3)CC2=O)c1. The minimum Gasteiger partial charge on any atom is -0.426 e. The van der Waals surface area contributed by atoms with Crippen molar-refractivity contribution in [2.75, 3.05) is 16.3 Å². The fourth-order valence-electron chi connectivity index (χ4n) is 6.99. The van der Waals surface area contributed by atoms with Gasteiger partial charge in [0, 0.05) is 18.7 Å². The van der Waals surface area contributed by atoms with Crippen LogP contribution >= 0.6 is 0 Å². The Morgan fingerprint density at radius 1 is 0.889 bits per heavy atom. The molecule has 4 aliphatic carbocycles. The molecule has 6 aliphatic rings. The summed E-state index contributed by atoms with van der Waals surface area (Å²) in [5.41, 5.74) is 2.33. The van der Waals surface area contributed by atoms with Gasteiger partial charge in [0.15, 0.2) is 0 Å². The first kappa shape index (κ1) is 21.5. The predicted molar refractivity (Wildman–Crippen MR) is 131 cm³/mol.